The van der Waals surface area contributed by atoms with E-state index in [1.807, 2.05) is 6.92 Å². The van der Waals surface area contributed by atoms with Crippen LogP contribution in [0.2, 0.25) is 5.02 Å². The molecule has 0 aliphatic rings. The molecule has 102 valence electrons. The molecule has 0 fully saturated rings. The molecule has 0 aliphatic heterocycles. The van der Waals surface area contributed by atoms with Crippen LogP contribution in [0.4, 0.5) is 0 Å². The minimum absolute atomic E-state index is 0.213. The summed E-state index contributed by atoms with van der Waals surface area (Å²) in [4.78, 5) is 24.1. The zero-order valence-corrected chi connectivity index (χ0v) is 11.9. The average molecular weight is 289 g/mol. The van der Waals surface area contributed by atoms with E-state index in [-0.39, 0.29) is 6.54 Å². The zero-order valence-electron chi connectivity index (χ0n) is 11.2. The van der Waals surface area contributed by atoms with Crippen molar-refractivity contribution in [1.29, 1.82) is 0 Å². The summed E-state index contributed by atoms with van der Waals surface area (Å²) < 4.78 is 2.60. The van der Waals surface area contributed by atoms with Gasteiger partial charge in [-0.15, -0.1) is 5.92 Å². The third-order valence-electron chi connectivity index (χ3n) is 2.90. The van der Waals surface area contributed by atoms with Crippen LogP contribution in [0.3, 0.4) is 0 Å². The molecule has 0 bridgehead atoms. The van der Waals surface area contributed by atoms with Crippen LogP contribution in [0.5, 0.6) is 0 Å². The second-order valence-electron chi connectivity index (χ2n) is 4.27. The van der Waals surface area contributed by atoms with E-state index in [4.69, 9.17) is 11.6 Å². The molecule has 0 saturated heterocycles. The van der Waals surface area contributed by atoms with Crippen LogP contribution >= 0.6 is 11.6 Å². The van der Waals surface area contributed by atoms with Gasteiger partial charge >= 0.3 is 11.1 Å². The maximum atomic E-state index is 12.1. The minimum atomic E-state index is -0.605. The normalized spacial score (nSPS) is 9.95. The zero-order chi connectivity index (χ0) is 14.7. The van der Waals surface area contributed by atoms with E-state index in [9.17, 15) is 9.59 Å². The fourth-order valence-electron chi connectivity index (χ4n) is 1.78. The molecule has 1 aromatic heterocycles. The molecule has 0 amide bonds. The molecule has 0 radical (unpaired) electrons. The lowest BCUT2D eigenvalue weighted by molar-refractivity contribution is 0.744. The fourth-order valence-corrected chi connectivity index (χ4v) is 1.90. The summed E-state index contributed by atoms with van der Waals surface area (Å²) in [6.07, 6.45) is 3.11. The molecular formula is C15H13ClN2O2. The van der Waals surface area contributed by atoms with Crippen LogP contribution in [-0.2, 0) is 6.54 Å². The van der Waals surface area contributed by atoms with Gasteiger partial charge in [-0.3, -0.25) is 18.7 Å². The van der Waals surface area contributed by atoms with Crippen molar-refractivity contribution >= 4 is 11.6 Å². The lowest BCUT2D eigenvalue weighted by Gasteiger charge is -2.08. The predicted octanol–water partition coefficient (Wildman–Crippen LogP) is 1.98. The number of nitrogens with zero attached hydrogens (tertiary/aromatic N) is 2. The van der Waals surface area contributed by atoms with E-state index in [0.717, 1.165) is 5.56 Å². The minimum Gasteiger partial charge on any atom is -0.298 e. The average Bonchev–Trinajstić information content (AvgIpc) is 2.44. The number of benzene rings is 1. The van der Waals surface area contributed by atoms with Gasteiger partial charge in [0.05, 0.1) is 6.54 Å². The molecule has 1 aromatic carbocycles. The Morgan fingerprint density at radius 3 is 2.60 bits per heavy atom. The van der Waals surface area contributed by atoms with Crippen LogP contribution in [-0.4, -0.2) is 9.13 Å². The lowest BCUT2D eigenvalue weighted by atomic mass is 10.2. The molecule has 0 saturated carbocycles. The number of hydrogen-bond donors (Lipinski definition) is 0. The predicted molar refractivity (Wildman–Crippen MR) is 79.5 cm³/mol. The van der Waals surface area contributed by atoms with Crippen molar-refractivity contribution < 1.29 is 0 Å². The van der Waals surface area contributed by atoms with Crippen LogP contribution in [0.1, 0.15) is 12.5 Å². The highest BCUT2D eigenvalue weighted by Crippen LogP contribution is 2.17. The van der Waals surface area contributed by atoms with Gasteiger partial charge in [-0.1, -0.05) is 17.5 Å². The summed E-state index contributed by atoms with van der Waals surface area (Å²) in [5.74, 6) is 5.45. The van der Waals surface area contributed by atoms with Crippen molar-refractivity contribution in [3.05, 3.63) is 61.9 Å². The molecule has 0 N–H and O–H groups in total. The van der Waals surface area contributed by atoms with E-state index in [1.54, 1.807) is 37.5 Å². The van der Waals surface area contributed by atoms with Gasteiger partial charge in [0.1, 0.15) is 0 Å². The molecule has 0 atom stereocenters. The third-order valence-corrected chi connectivity index (χ3v) is 3.33. The van der Waals surface area contributed by atoms with E-state index >= 15 is 0 Å². The molecule has 0 unspecified atom stereocenters. The monoisotopic (exact) mass is 288 g/mol. The fraction of sp³-hybridized carbons (Fsp3) is 0.200. The Morgan fingerprint density at radius 2 is 1.95 bits per heavy atom. The van der Waals surface area contributed by atoms with Crippen LogP contribution < -0.4 is 11.1 Å². The number of rotatable bonds is 2. The summed E-state index contributed by atoms with van der Waals surface area (Å²) in [7, 11) is 0. The summed E-state index contributed by atoms with van der Waals surface area (Å²) in [5.41, 5.74) is 0.259. The Hall–Kier alpha value is -2.25. The first-order chi connectivity index (χ1) is 9.54. The number of hydrogen-bond acceptors (Lipinski definition) is 2. The second-order valence-corrected chi connectivity index (χ2v) is 4.67. The highest BCUT2D eigenvalue weighted by atomic mass is 35.5. The van der Waals surface area contributed by atoms with Crippen molar-refractivity contribution in [2.75, 3.05) is 0 Å². The summed E-state index contributed by atoms with van der Waals surface area (Å²) in [6.45, 7) is 3.74. The van der Waals surface area contributed by atoms with E-state index in [1.165, 1.54) is 9.13 Å². The van der Waals surface area contributed by atoms with Gasteiger partial charge in [0.15, 0.2) is 0 Å². The molecule has 0 aliphatic carbocycles. The smallest absolute Gasteiger partial charge is 0.298 e. The van der Waals surface area contributed by atoms with Crippen LogP contribution in [0, 0.1) is 18.8 Å². The first kappa shape index (κ1) is 14.2. The Labute approximate surface area is 121 Å². The topological polar surface area (TPSA) is 44.0 Å². The van der Waals surface area contributed by atoms with Crippen molar-refractivity contribution in [2.45, 2.75) is 20.4 Å². The molecule has 2 aromatic rings. The molecule has 1 heterocycles. The number of halogens is 1. The van der Waals surface area contributed by atoms with Crippen molar-refractivity contribution in [3.8, 4) is 17.5 Å². The Morgan fingerprint density at radius 1 is 1.20 bits per heavy atom. The second kappa shape index (κ2) is 5.81. The van der Waals surface area contributed by atoms with Crippen LogP contribution in [0.15, 0.2) is 40.2 Å². The summed E-state index contributed by atoms with van der Waals surface area (Å²) >= 11 is 5.95. The molecule has 4 nitrogen and oxygen atoms in total. The molecule has 5 heteroatoms. The van der Waals surface area contributed by atoms with Crippen molar-refractivity contribution in [2.24, 2.45) is 0 Å². The summed E-state index contributed by atoms with van der Waals surface area (Å²) in [5, 5.41) is 0.619. The molecule has 2 rings (SSSR count). The lowest BCUT2D eigenvalue weighted by Crippen LogP contribution is -2.39. The molecule has 20 heavy (non-hydrogen) atoms. The number of aryl methyl sites for hydroxylation is 1. The Balaban J connectivity index is 2.56. The summed E-state index contributed by atoms with van der Waals surface area (Å²) in [6, 6.07) is 5.17. The van der Waals surface area contributed by atoms with Crippen molar-refractivity contribution in [1.82, 2.24) is 9.13 Å². The Kier molecular flexibility index (Phi) is 4.11. The van der Waals surface area contributed by atoms with Crippen LogP contribution in [0.25, 0.3) is 5.69 Å². The first-order valence-electron chi connectivity index (χ1n) is 6.03. The largest absolute Gasteiger partial charge is 0.321 e. The third kappa shape index (κ3) is 2.68. The molecular weight excluding hydrogens is 276 g/mol. The van der Waals surface area contributed by atoms with Gasteiger partial charge in [0.25, 0.3) is 0 Å². The van der Waals surface area contributed by atoms with E-state index in [2.05, 4.69) is 11.8 Å². The van der Waals surface area contributed by atoms with E-state index < -0.39 is 11.1 Å². The maximum Gasteiger partial charge on any atom is 0.321 e. The number of aromatic nitrogens is 2. The first-order valence-corrected chi connectivity index (χ1v) is 6.40. The van der Waals surface area contributed by atoms with E-state index in [0.29, 0.717) is 10.7 Å². The van der Waals surface area contributed by atoms with Gasteiger partial charge in [0.2, 0.25) is 0 Å². The molecule has 0 spiro atoms. The Bertz CT molecular complexity index is 822. The van der Waals surface area contributed by atoms with Gasteiger partial charge < -0.3 is 0 Å². The van der Waals surface area contributed by atoms with Gasteiger partial charge in [-0.05, 0) is 37.6 Å². The standard InChI is InChI=1S/C15H13ClN2O2/c1-3-4-7-17-8-9-18(15(20)14(17)19)12-5-6-13(16)11(2)10-12/h5-6,8-10H,7H2,1-2H3. The van der Waals surface area contributed by atoms with Gasteiger partial charge in [-0.25, -0.2) is 0 Å². The van der Waals surface area contributed by atoms with Gasteiger partial charge in [0, 0.05) is 23.1 Å². The highest BCUT2D eigenvalue weighted by molar-refractivity contribution is 6.31. The SMILES string of the molecule is CC#CCn1ccn(-c2ccc(Cl)c(C)c2)c(=O)c1=O. The maximum absolute atomic E-state index is 12.1. The highest BCUT2D eigenvalue weighted by Gasteiger charge is 2.07. The quantitative estimate of drug-likeness (QED) is 0.626. The van der Waals surface area contributed by atoms with Gasteiger partial charge in [-0.2, -0.15) is 0 Å². The van der Waals surface area contributed by atoms with Crippen molar-refractivity contribution in [3.63, 3.8) is 0 Å².